The van der Waals surface area contributed by atoms with Gasteiger partial charge in [-0.05, 0) is 12.1 Å². The van der Waals surface area contributed by atoms with Gasteiger partial charge in [-0.25, -0.2) is 4.79 Å². The van der Waals surface area contributed by atoms with Crippen molar-refractivity contribution in [1.82, 2.24) is 0 Å². The van der Waals surface area contributed by atoms with E-state index >= 15 is 0 Å². The summed E-state index contributed by atoms with van der Waals surface area (Å²) in [6, 6.07) is 8.32. The molecule has 0 spiro atoms. The van der Waals surface area contributed by atoms with E-state index < -0.39 is 16.4 Å². The molecular weight excluding hydrogens is 200 g/mol. The molecule has 2 aromatic rings. The van der Waals surface area contributed by atoms with E-state index in [1.807, 2.05) is 6.07 Å². The van der Waals surface area contributed by atoms with Crippen molar-refractivity contribution >= 4 is 21.8 Å². The number of hydrogen-bond acceptors (Lipinski definition) is 3. The van der Waals surface area contributed by atoms with Gasteiger partial charge in [-0.1, -0.05) is 12.1 Å². The minimum absolute atomic E-state index is 0.417. The van der Waals surface area contributed by atoms with E-state index in [4.69, 9.17) is 4.42 Å². The van der Waals surface area contributed by atoms with E-state index in [0.29, 0.717) is 10.5 Å². The molecule has 1 atom stereocenters. The first-order valence-corrected chi connectivity index (χ1v) is 5.60. The fourth-order valence-corrected chi connectivity index (χ4v) is 1.98. The van der Waals surface area contributed by atoms with Crippen molar-refractivity contribution in [1.29, 1.82) is 0 Å². The van der Waals surface area contributed by atoms with Crippen molar-refractivity contribution in [2.24, 2.45) is 0 Å². The quantitative estimate of drug-likeness (QED) is 0.668. The molecule has 0 aliphatic rings. The Hall–Kier alpha value is -1.42. The van der Waals surface area contributed by atoms with Crippen LogP contribution in [0, 0.1) is 0 Å². The molecule has 72 valence electrons. The molecule has 1 heterocycles. The predicted molar refractivity (Wildman–Crippen MR) is 54.8 cm³/mol. The summed E-state index contributed by atoms with van der Waals surface area (Å²) in [4.78, 5) is 11.5. The Labute approximate surface area is 82.8 Å². The molecule has 2 rings (SSSR count). The minimum Gasteiger partial charge on any atom is -0.421 e. The third kappa shape index (κ3) is 1.48. The predicted octanol–water partition coefficient (Wildman–Crippen LogP) is 1.53. The maximum absolute atomic E-state index is 11.3. The smallest absolute Gasteiger partial charge is 0.336 e. The number of hydrogen-bond donors (Lipinski definition) is 0. The van der Waals surface area contributed by atoms with Crippen molar-refractivity contribution in [2.75, 3.05) is 6.26 Å². The van der Waals surface area contributed by atoms with Gasteiger partial charge in [0.25, 0.3) is 0 Å². The zero-order valence-electron chi connectivity index (χ0n) is 7.52. The Balaban J connectivity index is 2.91. The van der Waals surface area contributed by atoms with E-state index in [1.54, 1.807) is 24.5 Å². The maximum Gasteiger partial charge on any atom is 0.336 e. The number of para-hydroxylation sites is 1. The maximum atomic E-state index is 11.3. The lowest BCUT2D eigenvalue weighted by Gasteiger charge is -2.00. The van der Waals surface area contributed by atoms with Gasteiger partial charge in [0.05, 0.1) is 15.7 Å². The molecule has 0 unspecified atom stereocenters. The molecule has 0 saturated heterocycles. The van der Waals surface area contributed by atoms with Crippen molar-refractivity contribution < 1.29 is 8.63 Å². The molecule has 14 heavy (non-hydrogen) atoms. The summed E-state index contributed by atoms with van der Waals surface area (Å²) >= 11 is 0. The highest BCUT2D eigenvalue weighted by molar-refractivity contribution is 7.84. The van der Waals surface area contributed by atoms with Crippen LogP contribution in [0.2, 0.25) is 0 Å². The van der Waals surface area contributed by atoms with E-state index in [2.05, 4.69) is 0 Å². The topological polar surface area (TPSA) is 47.3 Å². The molecule has 1 aromatic heterocycles. The van der Waals surface area contributed by atoms with Crippen LogP contribution in [0.15, 0.2) is 44.4 Å². The molecule has 0 aliphatic carbocycles. The average Bonchev–Trinajstić information content (AvgIpc) is 2.16. The first-order valence-electron chi connectivity index (χ1n) is 4.05. The highest BCUT2D eigenvalue weighted by Crippen LogP contribution is 2.18. The Kier molecular flexibility index (Phi) is 2.21. The second-order valence-electron chi connectivity index (χ2n) is 2.88. The normalized spacial score (nSPS) is 12.9. The van der Waals surface area contributed by atoms with Gasteiger partial charge in [-0.2, -0.15) is 0 Å². The number of rotatable bonds is 1. The van der Waals surface area contributed by atoms with Gasteiger partial charge in [0.1, 0.15) is 0 Å². The Bertz CT molecular complexity index is 557. The summed E-state index contributed by atoms with van der Waals surface area (Å²) in [5.41, 5.74) is -0.00349. The summed E-state index contributed by atoms with van der Waals surface area (Å²) in [5, 5.41) is 0.789. The number of fused-ring (bicyclic) bond motifs is 1. The standard InChI is InChI=1S/C10H8O3S/c1-14(12)8-4-2-3-7-5-6-9(11)13-10(7)8/h2-6H,1H3/t14-/m0/s1. The summed E-state index contributed by atoms with van der Waals surface area (Å²) < 4.78 is 16.3. The van der Waals surface area contributed by atoms with Gasteiger partial charge >= 0.3 is 5.63 Å². The van der Waals surface area contributed by atoms with Crippen molar-refractivity contribution in [3.05, 3.63) is 40.8 Å². The molecule has 0 saturated carbocycles. The lowest BCUT2D eigenvalue weighted by atomic mass is 10.2. The van der Waals surface area contributed by atoms with E-state index in [9.17, 15) is 9.00 Å². The Morgan fingerprint density at radius 3 is 2.71 bits per heavy atom. The van der Waals surface area contributed by atoms with Gasteiger partial charge in [0.2, 0.25) is 0 Å². The molecule has 0 aliphatic heterocycles. The van der Waals surface area contributed by atoms with Crippen LogP contribution in [0.1, 0.15) is 0 Å². The van der Waals surface area contributed by atoms with Gasteiger partial charge in [0.15, 0.2) is 5.58 Å². The van der Waals surface area contributed by atoms with E-state index in [0.717, 1.165) is 5.39 Å². The van der Waals surface area contributed by atoms with Crippen LogP contribution in [0.5, 0.6) is 0 Å². The third-order valence-corrected chi connectivity index (χ3v) is 2.86. The molecule has 1 aromatic carbocycles. The van der Waals surface area contributed by atoms with Crippen LogP contribution >= 0.6 is 0 Å². The SMILES string of the molecule is C[S@](=O)c1cccc2ccc(=O)oc12. The molecule has 4 heteroatoms. The van der Waals surface area contributed by atoms with E-state index in [1.165, 1.54) is 6.07 Å². The highest BCUT2D eigenvalue weighted by Gasteiger charge is 2.06. The van der Waals surface area contributed by atoms with Crippen LogP contribution in [-0.4, -0.2) is 10.5 Å². The molecule has 0 bridgehead atoms. The van der Waals surface area contributed by atoms with Crippen LogP contribution in [0.3, 0.4) is 0 Å². The zero-order chi connectivity index (χ0) is 10.1. The second-order valence-corrected chi connectivity index (χ2v) is 4.23. The summed E-state index contributed by atoms with van der Waals surface area (Å²) in [7, 11) is -1.14. The largest absolute Gasteiger partial charge is 0.421 e. The van der Waals surface area contributed by atoms with Crippen molar-refractivity contribution in [2.45, 2.75) is 4.90 Å². The molecule has 0 amide bonds. The summed E-state index contributed by atoms with van der Waals surface area (Å²) in [6.45, 7) is 0. The van der Waals surface area contributed by atoms with Gasteiger partial charge < -0.3 is 4.42 Å². The van der Waals surface area contributed by atoms with Gasteiger partial charge in [-0.15, -0.1) is 0 Å². The molecule has 0 radical (unpaired) electrons. The molecular formula is C10H8O3S. The summed E-state index contributed by atoms with van der Waals surface area (Å²) in [5.74, 6) is 0. The fourth-order valence-electron chi connectivity index (χ4n) is 1.29. The first-order chi connectivity index (χ1) is 6.68. The Morgan fingerprint density at radius 2 is 2.00 bits per heavy atom. The van der Waals surface area contributed by atoms with Crippen LogP contribution in [0.25, 0.3) is 11.0 Å². The molecule has 3 nitrogen and oxygen atoms in total. The minimum atomic E-state index is -1.14. The second kappa shape index (κ2) is 3.38. The van der Waals surface area contributed by atoms with Gasteiger partial charge in [-0.3, -0.25) is 4.21 Å². The van der Waals surface area contributed by atoms with Crippen LogP contribution in [0.4, 0.5) is 0 Å². The van der Waals surface area contributed by atoms with Crippen molar-refractivity contribution in [3.63, 3.8) is 0 Å². The first kappa shape index (κ1) is 9.15. The zero-order valence-corrected chi connectivity index (χ0v) is 8.34. The summed E-state index contributed by atoms with van der Waals surface area (Å²) in [6.07, 6.45) is 1.56. The van der Waals surface area contributed by atoms with Crippen LogP contribution in [-0.2, 0) is 10.8 Å². The van der Waals surface area contributed by atoms with Crippen molar-refractivity contribution in [3.8, 4) is 0 Å². The van der Waals surface area contributed by atoms with Gasteiger partial charge in [0, 0.05) is 17.7 Å². The number of benzene rings is 1. The molecule has 0 fully saturated rings. The average molecular weight is 208 g/mol. The van der Waals surface area contributed by atoms with E-state index in [-0.39, 0.29) is 0 Å². The lowest BCUT2D eigenvalue weighted by molar-refractivity contribution is 0.553. The fraction of sp³-hybridized carbons (Fsp3) is 0.100. The monoisotopic (exact) mass is 208 g/mol. The molecule has 0 N–H and O–H groups in total. The lowest BCUT2D eigenvalue weighted by Crippen LogP contribution is -1.97. The highest BCUT2D eigenvalue weighted by atomic mass is 32.2. The van der Waals surface area contributed by atoms with Crippen LogP contribution < -0.4 is 5.63 Å². The Morgan fingerprint density at radius 1 is 1.21 bits per heavy atom. The third-order valence-electron chi connectivity index (χ3n) is 1.92.